The van der Waals surface area contributed by atoms with Crippen molar-refractivity contribution in [1.82, 2.24) is 0 Å². The van der Waals surface area contributed by atoms with Crippen LogP contribution < -0.4 is 5.73 Å². The fourth-order valence-electron chi connectivity index (χ4n) is 0.588. The summed E-state index contributed by atoms with van der Waals surface area (Å²) in [6.07, 6.45) is 0.435. The average molecular weight is 145 g/mol. The molecule has 0 unspecified atom stereocenters. The molecule has 0 fully saturated rings. The first-order valence-electron chi connectivity index (χ1n) is 3.56. The number of hydrogen-bond acceptors (Lipinski definition) is 3. The first kappa shape index (κ1) is 9.43. The Balaban J connectivity index is 3.37. The van der Waals surface area contributed by atoms with Crippen molar-refractivity contribution < 1.29 is 9.53 Å². The van der Waals surface area contributed by atoms with Crippen LogP contribution in [-0.2, 0) is 9.53 Å². The van der Waals surface area contributed by atoms with Gasteiger partial charge in [-0.1, -0.05) is 6.92 Å². The third-order valence-corrected chi connectivity index (χ3v) is 1.22. The van der Waals surface area contributed by atoms with Gasteiger partial charge in [-0.05, 0) is 19.4 Å². The molecule has 0 heterocycles. The molecule has 0 rings (SSSR count). The van der Waals surface area contributed by atoms with Crippen LogP contribution in [0.15, 0.2) is 0 Å². The Labute approximate surface area is 61.5 Å². The molecular weight excluding hydrogens is 130 g/mol. The minimum Gasteiger partial charge on any atom is -0.466 e. The summed E-state index contributed by atoms with van der Waals surface area (Å²) < 4.78 is 4.72. The quantitative estimate of drug-likeness (QED) is 0.587. The number of esters is 1. The van der Waals surface area contributed by atoms with E-state index in [2.05, 4.69) is 0 Å². The molecule has 10 heavy (non-hydrogen) atoms. The van der Waals surface area contributed by atoms with E-state index in [4.69, 9.17) is 10.5 Å². The van der Waals surface area contributed by atoms with E-state index in [1.165, 1.54) is 0 Å². The predicted molar refractivity (Wildman–Crippen MR) is 39.5 cm³/mol. The molecule has 3 nitrogen and oxygen atoms in total. The van der Waals surface area contributed by atoms with Crippen molar-refractivity contribution in [3.63, 3.8) is 0 Å². The lowest BCUT2D eigenvalue weighted by atomic mass is 10.1. The van der Waals surface area contributed by atoms with E-state index in [0.717, 1.165) is 0 Å². The summed E-state index contributed by atoms with van der Waals surface area (Å²) >= 11 is 0. The van der Waals surface area contributed by atoms with E-state index >= 15 is 0 Å². The van der Waals surface area contributed by atoms with Crippen molar-refractivity contribution in [1.29, 1.82) is 0 Å². The van der Waals surface area contributed by atoms with Crippen LogP contribution in [0.4, 0.5) is 0 Å². The second-order valence-electron chi connectivity index (χ2n) is 2.35. The zero-order valence-electron chi connectivity index (χ0n) is 6.59. The number of carbonyl (C=O) groups excluding carboxylic acids is 1. The smallest absolute Gasteiger partial charge is 0.306 e. The molecule has 0 aromatic rings. The van der Waals surface area contributed by atoms with Gasteiger partial charge in [0.1, 0.15) is 0 Å². The van der Waals surface area contributed by atoms with Crippen molar-refractivity contribution in [3.8, 4) is 0 Å². The highest BCUT2D eigenvalue weighted by atomic mass is 16.5. The minimum atomic E-state index is -0.152. The highest BCUT2D eigenvalue weighted by molar-refractivity contribution is 5.69. The first-order valence-corrected chi connectivity index (χ1v) is 3.56. The monoisotopic (exact) mass is 145 g/mol. The zero-order valence-corrected chi connectivity index (χ0v) is 6.59. The molecule has 0 aromatic carbocycles. The lowest BCUT2D eigenvalue weighted by Crippen LogP contribution is -2.16. The van der Waals surface area contributed by atoms with Gasteiger partial charge in [0.25, 0.3) is 0 Å². The molecule has 60 valence electrons. The predicted octanol–water partition coefficient (Wildman–Crippen LogP) is 0.534. The van der Waals surface area contributed by atoms with Gasteiger partial charge in [-0.25, -0.2) is 0 Å². The molecule has 0 aliphatic carbocycles. The number of nitrogens with two attached hydrogens (primary N) is 1. The van der Waals surface area contributed by atoms with Crippen LogP contribution in [0.2, 0.25) is 0 Å². The Morgan fingerprint density at radius 3 is 2.70 bits per heavy atom. The van der Waals surface area contributed by atoms with Gasteiger partial charge < -0.3 is 10.5 Å². The van der Waals surface area contributed by atoms with Crippen LogP contribution in [-0.4, -0.2) is 19.1 Å². The summed E-state index contributed by atoms with van der Waals surface area (Å²) in [5, 5.41) is 0. The molecule has 0 bridgehead atoms. The largest absolute Gasteiger partial charge is 0.466 e. The summed E-state index contributed by atoms with van der Waals surface area (Å²) in [6.45, 7) is 4.72. The summed E-state index contributed by atoms with van der Waals surface area (Å²) in [7, 11) is 0. The van der Waals surface area contributed by atoms with Crippen LogP contribution in [0.5, 0.6) is 0 Å². The van der Waals surface area contributed by atoms with Crippen molar-refractivity contribution in [3.05, 3.63) is 0 Å². The van der Waals surface area contributed by atoms with Gasteiger partial charge in [0.2, 0.25) is 0 Å². The first-order chi connectivity index (χ1) is 4.70. The van der Waals surface area contributed by atoms with E-state index < -0.39 is 0 Å². The molecule has 0 aromatic heterocycles. The maximum atomic E-state index is 10.7. The summed E-state index contributed by atoms with van der Waals surface area (Å²) in [4.78, 5) is 10.7. The van der Waals surface area contributed by atoms with Crippen molar-refractivity contribution in [2.75, 3.05) is 13.2 Å². The molecule has 0 saturated carbocycles. The van der Waals surface area contributed by atoms with E-state index in [1.807, 2.05) is 6.92 Å². The standard InChI is InChI=1S/C7H15NO2/c1-3-10-7(9)4-6(2)5-8/h6H,3-5,8H2,1-2H3/t6-/m0/s1. The molecule has 0 amide bonds. The third-order valence-electron chi connectivity index (χ3n) is 1.22. The maximum absolute atomic E-state index is 10.7. The molecule has 1 atom stereocenters. The van der Waals surface area contributed by atoms with Crippen molar-refractivity contribution in [2.45, 2.75) is 20.3 Å². The fourth-order valence-corrected chi connectivity index (χ4v) is 0.588. The average Bonchev–Trinajstić information content (AvgIpc) is 1.88. The molecule has 0 aliphatic rings. The molecule has 0 aliphatic heterocycles. The Hall–Kier alpha value is -0.570. The van der Waals surface area contributed by atoms with Gasteiger partial charge in [0.15, 0.2) is 0 Å². The normalized spacial score (nSPS) is 12.7. The van der Waals surface area contributed by atoms with Crippen LogP contribution in [0, 0.1) is 5.92 Å². The van der Waals surface area contributed by atoms with E-state index in [1.54, 1.807) is 6.92 Å². The van der Waals surface area contributed by atoms with E-state index in [9.17, 15) is 4.79 Å². The Bertz CT molecular complexity index is 104. The van der Waals surface area contributed by atoms with Gasteiger partial charge in [0.05, 0.1) is 6.61 Å². The molecule has 3 heteroatoms. The van der Waals surface area contributed by atoms with Gasteiger partial charge >= 0.3 is 5.97 Å². The molecule has 0 radical (unpaired) electrons. The molecule has 2 N–H and O–H groups in total. The molecule has 0 saturated heterocycles. The number of rotatable bonds is 4. The third kappa shape index (κ3) is 4.32. The van der Waals surface area contributed by atoms with Crippen molar-refractivity contribution >= 4 is 5.97 Å². The maximum Gasteiger partial charge on any atom is 0.306 e. The number of hydrogen-bond donors (Lipinski definition) is 1. The lowest BCUT2D eigenvalue weighted by molar-refractivity contribution is -0.144. The fraction of sp³-hybridized carbons (Fsp3) is 0.857. The highest BCUT2D eigenvalue weighted by Crippen LogP contribution is 1.99. The summed E-state index contributed by atoms with van der Waals surface area (Å²) in [6, 6.07) is 0. The van der Waals surface area contributed by atoms with E-state index in [-0.39, 0.29) is 11.9 Å². The SMILES string of the molecule is CCOC(=O)C[C@H](C)CN. The number of ether oxygens (including phenoxy) is 1. The molecule has 0 spiro atoms. The van der Waals surface area contributed by atoms with Gasteiger partial charge in [-0.15, -0.1) is 0 Å². The van der Waals surface area contributed by atoms with E-state index in [0.29, 0.717) is 19.6 Å². The summed E-state index contributed by atoms with van der Waals surface area (Å²) in [5.41, 5.74) is 5.31. The van der Waals surface area contributed by atoms with Gasteiger partial charge in [0, 0.05) is 6.42 Å². The van der Waals surface area contributed by atoms with Gasteiger partial charge in [-0.3, -0.25) is 4.79 Å². The Morgan fingerprint density at radius 1 is 1.70 bits per heavy atom. The lowest BCUT2D eigenvalue weighted by Gasteiger charge is -2.06. The molecular formula is C7H15NO2. The van der Waals surface area contributed by atoms with Crippen molar-refractivity contribution in [2.24, 2.45) is 11.7 Å². The van der Waals surface area contributed by atoms with Crippen LogP contribution >= 0.6 is 0 Å². The Morgan fingerprint density at radius 2 is 2.30 bits per heavy atom. The highest BCUT2D eigenvalue weighted by Gasteiger charge is 2.06. The van der Waals surface area contributed by atoms with Crippen LogP contribution in [0.25, 0.3) is 0 Å². The second kappa shape index (κ2) is 5.23. The topological polar surface area (TPSA) is 52.3 Å². The minimum absolute atomic E-state index is 0.152. The second-order valence-corrected chi connectivity index (χ2v) is 2.35. The van der Waals surface area contributed by atoms with Crippen LogP contribution in [0.1, 0.15) is 20.3 Å². The zero-order chi connectivity index (χ0) is 7.98. The van der Waals surface area contributed by atoms with Gasteiger partial charge in [-0.2, -0.15) is 0 Å². The Kier molecular flexibility index (Phi) is 4.94. The van der Waals surface area contributed by atoms with Crippen LogP contribution in [0.3, 0.4) is 0 Å². The number of carbonyl (C=O) groups is 1. The summed E-state index contributed by atoms with van der Waals surface area (Å²) in [5.74, 6) is 0.0829.